The van der Waals surface area contributed by atoms with Crippen molar-refractivity contribution in [3.05, 3.63) is 134 Å². The molecule has 9 heteroatoms. The lowest BCUT2D eigenvalue weighted by Crippen LogP contribution is -2.20. The van der Waals surface area contributed by atoms with Gasteiger partial charge in [0, 0.05) is 20.4 Å². The van der Waals surface area contributed by atoms with Gasteiger partial charge in [0.25, 0.3) is 5.56 Å². The van der Waals surface area contributed by atoms with E-state index in [-0.39, 0.29) is 11.4 Å². The second-order valence-corrected chi connectivity index (χ2v) is 11.3. The molecular formula is C35H23BrClN3O4. The van der Waals surface area contributed by atoms with Gasteiger partial charge < -0.3 is 13.9 Å². The van der Waals surface area contributed by atoms with Crippen LogP contribution in [0.1, 0.15) is 11.1 Å². The number of nitrogens with zero attached hydrogens (tertiary/aromatic N) is 3. The molecule has 0 aliphatic rings. The zero-order valence-corrected chi connectivity index (χ0v) is 25.7. The van der Waals surface area contributed by atoms with Crippen molar-refractivity contribution >= 4 is 66.4 Å². The predicted octanol–water partition coefficient (Wildman–Crippen LogP) is 8.85. The third kappa shape index (κ3) is 5.23. The molecule has 2 aromatic heterocycles. The Morgan fingerprint density at radius 2 is 1.70 bits per heavy atom. The summed E-state index contributed by atoms with van der Waals surface area (Å²) in [4.78, 5) is 18.4. The summed E-state index contributed by atoms with van der Waals surface area (Å²) in [7, 11) is 1.58. The van der Waals surface area contributed by atoms with Gasteiger partial charge in [-0.15, -0.1) is 0 Å². The molecule has 0 aliphatic heterocycles. The molecule has 7 nitrogen and oxygen atoms in total. The van der Waals surface area contributed by atoms with Crippen molar-refractivity contribution in [2.75, 3.05) is 7.11 Å². The molecule has 7 rings (SSSR count). The van der Waals surface area contributed by atoms with Crippen LogP contribution in [0, 0.1) is 0 Å². The maximum Gasteiger partial charge on any atom is 0.282 e. The molecule has 0 N–H and O–H groups in total. The first-order chi connectivity index (χ1) is 21.5. The number of fused-ring (bicyclic) bond motifs is 3. The summed E-state index contributed by atoms with van der Waals surface area (Å²) < 4.78 is 19.9. The zero-order valence-electron chi connectivity index (χ0n) is 23.3. The molecular weight excluding hydrogens is 642 g/mol. The van der Waals surface area contributed by atoms with Gasteiger partial charge in [0.1, 0.15) is 12.2 Å². The Hall–Kier alpha value is -4.92. The highest BCUT2D eigenvalue weighted by Crippen LogP contribution is 2.34. The van der Waals surface area contributed by atoms with Crippen LogP contribution in [0.4, 0.5) is 0 Å². The molecule has 5 aromatic carbocycles. The first-order valence-electron chi connectivity index (χ1n) is 13.7. The Balaban J connectivity index is 1.26. The van der Waals surface area contributed by atoms with Crippen LogP contribution < -0.4 is 15.0 Å². The van der Waals surface area contributed by atoms with E-state index in [2.05, 4.69) is 45.3 Å². The van der Waals surface area contributed by atoms with Crippen LogP contribution in [0.3, 0.4) is 0 Å². The van der Waals surface area contributed by atoms with Crippen molar-refractivity contribution in [1.29, 1.82) is 0 Å². The minimum absolute atomic E-state index is 0.260. The number of aromatic nitrogens is 2. The van der Waals surface area contributed by atoms with E-state index in [0.717, 1.165) is 21.7 Å². The largest absolute Gasteiger partial charge is 0.493 e. The molecule has 0 amide bonds. The summed E-state index contributed by atoms with van der Waals surface area (Å²) in [5.41, 5.74) is 2.55. The molecule has 0 saturated heterocycles. The minimum atomic E-state index is -0.335. The van der Waals surface area contributed by atoms with Crippen molar-refractivity contribution in [3.8, 4) is 23.1 Å². The lowest BCUT2D eigenvalue weighted by molar-refractivity contribution is 0.285. The smallest absolute Gasteiger partial charge is 0.282 e. The monoisotopic (exact) mass is 663 g/mol. The van der Waals surface area contributed by atoms with Gasteiger partial charge in [0.2, 0.25) is 5.82 Å². The van der Waals surface area contributed by atoms with Gasteiger partial charge in [0.15, 0.2) is 17.3 Å². The van der Waals surface area contributed by atoms with Crippen molar-refractivity contribution in [1.82, 2.24) is 9.66 Å². The van der Waals surface area contributed by atoms with E-state index in [4.69, 9.17) is 30.5 Å². The minimum Gasteiger partial charge on any atom is -0.493 e. The molecule has 2 heterocycles. The number of benzene rings is 5. The Kier molecular flexibility index (Phi) is 7.37. The van der Waals surface area contributed by atoms with Crippen LogP contribution in [0.5, 0.6) is 11.5 Å². The fraction of sp³-hybridized carbons (Fsp3) is 0.0571. The van der Waals surface area contributed by atoms with E-state index in [0.29, 0.717) is 55.4 Å². The predicted molar refractivity (Wildman–Crippen MR) is 178 cm³/mol. The van der Waals surface area contributed by atoms with Gasteiger partial charge in [-0.25, -0.2) is 4.98 Å². The van der Waals surface area contributed by atoms with Gasteiger partial charge in [-0.05, 0) is 80.8 Å². The SMILES string of the molecule is COc1cc(C=Nn2c(-c3cc4cc(Cl)ccc4o3)nc3ccccc3c2=O)c(Br)cc1OCc1cccc2ccccc12. The van der Waals surface area contributed by atoms with Gasteiger partial charge in [-0.1, -0.05) is 66.2 Å². The second-order valence-electron chi connectivity index (χ2n) is 10.1. The molecule has 0 fully saturated rings. The van der Waals surface area contributed by atoms with E-state index >= 15 is 0 Å². The van der Waals surface area contributed by atoms with Crippen molar-refractivity contribution < 1.29 is 13.9 Å². The van der Waals surface area contributed by atoms with Crippen molar-refractivity contribution in [2.24, 2.45) is 5.10 Å². The maximum absolute atomic E-state index is 13.7. The maximum atomic E-state index is 13.7. The van der Waals surface area contributed by atoms with Crippen molar-refractivity contribution in [3.63, 3.8) is 0 Å². The molecule has 0 atom stereocenters. The normalized spacial score (nSPS) is 11.6. The summed E-state index contributed by atoms with van der Waals surface area (Å²) in [5, 5.41) is 8.67. The van der Waals surface area contributed by atoms with Gasteiger partial charge in [0.05, 0.1) is 24.2 Å². The summed E-state index contributed by atoms with van der Waals surface area (Å²) in [6, 6.07) is 32.2. The third-order valence-electron chi connectivity index (χ3n) is 7.31. The molecule has 7 aromatic rings. The van der Waals surface area contributed by atoms with Crippen molar-refractivity contribution in [2.45, 2.75) is 6.61 Å². The number of hydrogen-bond acceptors (Lipinski definition) is 6. The number of rotatable bonds is 7. The van der Waals surface area contributed by atoms with Crippen LogP contribution in [0.2, 0.25) is 5.02 Å². The highest BCUT2D eigenvalue weighted by molar-refractivity contribution is 9.10. The first-order valence-corrected chi connectivity index (χ1v) is 14.9. The molecule has 0 saturated carbocycles. The molecule has 44 heavy (non-hydrogen) atoms. The lowest BCUT2D eigenvalue weighted by Gasteiger charge is -2.14. The molecule has 0 unspecified atom stereocenters. The van der Waals surface area contributed by atoms with E-state index in [9.17, 15) is 4.79 Å². The molecule has 216 valence electrons. The Labute approximate surface area is 265 Å². The van der Waals surface area contributed by atoms with Gasteiger partial charge in [-0.2, -0.15) is 9.78 Å². The van der Waals surface area contributed by atoms with Crippen LogP contribution in [-0.2, 0) is 6.61 Å². The number of ether oxygens (including phenoxy) is 2. The molecule has 0 aliphatic carbocycles. The van der Waals surface area contributed by atoms with Gasteiger partial charge >= 0.3 is 0 Å². The number of para-hydroxylation sites is 1. The van der Waals surface area contributed by atoms with E-state index in [1.807, 2.05) is 30.3 Å². The summed E-state index contributed by atoms with van der Waals surface area (Å²) in [5.74, 6) is 1.73. The highest BCUT2D eigenvalue weighted by atomic mass is 79.9. The topological polar surface area (TPSA) is 78.9 Å². The van der Waals surface area contributed by atoms with Crippen LogP contribution in [-0.4, -0.2) is 23.0 Å². The van der Waals surface area contributed by atoms with E-state index in [1.54, 1.807) is 61.9 Å². The zero-order chi connectivity index (χ0) is 30.2. The summed E-state index contributed by atoms with van der Waals surface area (Å²) in [6.45, 7) is 0.363. The number of methoxy groups -OCH3 is 1. The average molecular weight is 665 g/mol. The number of halogens is 2. The van der Waals surface area contributed by atoms with Crippen LogP contribution in [0.25, 0.3) is 44.2 Å². The molecule has 0 radical (unpaired) electrons. The van der Waals surface area contributed by atoms with Gasteiger partial charge in [-0.3, -0.25) is 4.79 Å². The highest BCUT2D eigenvalue weighted by Gasteiger charge is 2.17. The average Bonchev–Trinajstić information content (AvgIpc) is 3.47. The lowest BCUT2D eigenvalue weighted by atomic mass is 10.1. The Bertz CT molecular complexity index is 2290. The summed E-state index contributed by atoms with van der Waals surface area (Å²) in [6.07, 6.45) is 1.57. The Morgan fingerprint density at radius 3 is 2.57 bits per heavy atom. The van der Waals surface area contributed by atoms with Crippen LogP contribution in [0.15, 0.2) is 122 Å². The van der Waals surface area contributed by atoms with Crippen LogP contribution >= 0.6 is 27.5 Å². The van der Waals surface area contributed by atoms with E-state index < -0.39 is 0 Å². The standard InChI is InChI=1S/C35H23BrClN3O4/c1-42-31-17-24(28(36)18-32(31)43-20-22-9-6-8-21-7-2-3-10-26(21)22)19-38-40-34(39-29-12-5-4-11-27(29)35(40)41)33-16-23-15-25(37)13-14-30(23)44-33/h2-19H,20H2,1H3. The fourth-order valence-electron chi connectivity index (χ4n) is 5.13. The number of hydrogen-bond donors (Lipinski definition) is 0. The number of furan rings is 1. The molecule has 0 bridgehead atoms. The first kappa shape index (κ1) is 27.9. The second kappa shape index (κ2) is 11.6. The molecule has 0 spiro atoms. The quantitative estimate of drug-likeness (QED) is 0.159. The van der Waals surface area contributed by atoms with E-state index in [1.165, 1.54) is 4.68 Å². The summed E-state index contributed by atoms with van der Waals surface area (Å²) >= 11 is 9.83. The fourth-order valence-corrected chi connectivity index (χ4v) is 5.74. The Morgan fingerprint density at radius 1 is 0.909 bits per heavy atom. The third-order valence-corrected chi connectivity index (χ3v) is 8.23.